The summed E-state index contributed by atoms with van der Waals surface area (Å²) in [6.07, 6.45) is 1.63. The van der Waals surface area contributed by atoms with E-state index in [0.717, 1.165) is 54.8 Å². The van der Waals surface area contributed by atoms with Crippen molar-refractivity contribution in [3.8, 4) is 22.1 Å². The van der Waals surface area contributed by atoms with Crippen LogP contribution in [-0.4, -0.2) is 61.9 Å². The van der Waals surface area contributed by atoms with Gasteiger partial charge in [-0.1, -0.05) is 0 Å². The van der Waals surface area contributed by atoms with Gasteiger partial charge in [-0.15, -0.1) is 11.3 Å². The Labute approximate surface area is 150 Å². The largest absolute Gasteiger partial charge is 0.454 e. The van der Waals surface area contributed by atoms with Gasteiger partial charge in [0, 0.05) is 44.8 Å². The first-order chi connectivity index (χ1) is 12.3. The maximum Gasteiger partial charge on any atom is 0.263 e. The molecular weight excluding hydrogens is 340 g/mol. The SMILES string of the molecule is O=C(NCCN1CCNCC1)c1cnc(-c2ccc3c(c2)OCO3)s1. The second kappa shape index (κ2) is 7.38. The Morgan fingerprint density at radius 2 is 2.12 bits per heavy atom. The second-order valence-corrected chi connectivity index (χ2v) is 6.98. The standard InChI is InChI=1S/C17H20N4O3S/c22-16(19-5-8-21-6-3-18-4-7-21)15-10-20-17(25-15)12-1-2-13-14(9-12)24-11-23-13/h1-2,9-10,18H,3-8,11H2,(H,19,22). The van der Waals surface area contributed by atoms with E-state index in [1.165, 1.54) is 11.3 Å². The molecular formula is C17H20N4O3S. The van der Waals surface area contributed by atoms with Crippen LogP contribution in [0.25, 0.3) is 10.6 Å². The Balaban J connectivity index is 1.34. The van der Waals surface area contributed by atoms with E-state index < -0.39 is 0 Å². The lowest BCUT2D eigenvalue weighted by Gasteiger charge is -2.26. The summed E-state index contributed by atoms with van der Waals surface area (Å²) in [5.41, 5.74) is 0.925. The van der Waals surface area contributed by atoms with E-state index >= 15 is 0 Å². The number of amides is 1. The third-order valence-electron chi connectivity index (χ3n) is 4.27. The van der Waals surface area contributed by atoms with Gasteiger partial charge in [0.05, 0.1) is 6.20 Å². The Bertz CT molecular complexity index is 758. The molecule has 1 fully saturated rings. The third kappa shape index (κ3) is 3.76. The zero-order valence-corrected chi connectivity index (χ0v) is 14.6. The van der Waals surface area contributed by atoms with E-state index in [2.05, 4.69) is 20.5 Å². The van der Waals surface area contributed by atoms with Crippen molar-refractivity contribution in [2.45, 2.75) is 0 Å². The number of hydrogen-bond donors (Lipinski definition) is 2. The Morgan fingerprint density at radius 1 is 1.28 bits per heavy atom. The van der Waals surface area contributed by atoms with Crippen molar-refractivity contribution in [1.29, 1.82) is 0 Å². The molecule has 2 N–H and O–H groups in total. The fourth-order valence-electron chi connectivity index (χ4n) is 2.89. The van der Waals surface area contributed by atoms with Crippen LogP contribution in [0.1, 0.15) is 9.67 Å². The highest BCUT2D eigenvalue weighted by molar-refractivity contribution is 7.16. The highest BCUT2D eigenvalue weighted by atomic mass is 32.1. The highest BCUT2D eigenvalue weighted by Gasteiger charge is 2.17. The van der Waals surface area contributed by atoms with Gasteiger partial charge in [-0.25, -0.2) is 4.98 Å². The monoisotopic (exact) mass is 360 g/mol. The van der Waals surface area contributed by atoms with Gasteiger partial charge in [-0.05, 0) is 18.2 Å². The first kappa shape index (κ1) is 16.3. The van der Waals surface area contributed by atoms with Crippen molar-refractivity contribution in [2.24, 2.45) is 0 Å². The van der Waals surface area contributed by atoms with Crippen molar-refractivity contribution in [2.75, 3.05) is 46.1 Å². The van der Waals surface area contributed by atoms with E-state index in [-0.39, 0.29) is 12.7 Å². The minimum atomic E-state index is -0.0698. The number of benzene rings is 1. The maximum absolute atomic E-state index is 12.3. The van der Waals surface area contributed by atoms with Gasteiger partial charge in [-0.2, -0.15) is 0 Å². The number of fused-ring (bicyclic) bond motifs is 1. The lowest BCUT2D eigenvalue weighted by atomic mass is 10.2. The predicted molar refractivity (Wildman–Crippen MR) is 95.3 cm³/mol. The topological polar surface area (TPSA) is 75.7 Å². The molecule has 1 saturated heterocycles. The summed E-state index contributed by atoms with van der Waals surface area (Å²) >= 11 is 1.38. The Morgan fingerprint density at radius 3 is 3.00 bits per heavy atom. The average molecular weight is 360 g/mol. The second-order valence-electron chi connectivity index (χ2n) is 5.95. The summed E-state index contributed by atoms with van der Waals surface area (Å²) in [4.78, 5) is 19.6. The van der Waals surface area contributed by atoms with Crippen LogP contribution in [0.15, 0.2) is 24.4 Å². The lowest BCUT2D eigenvalue weighted by molar-refractivity contribution is 0.0951. The van der Waals surface area contributed by atoms with Gasteiger partial charge in [0.2, 0.25) is 6.79 Å². The van der Waals surface area contributed by atoms with Crippen LogP contribution in [0.4, 0.5) is 0 Å². The number of carbonyl (C=O) groups is 1. The van der Waals surface area contributed by atoms with E-state index in [1.54, 1.807) is 6.20 Å². The minimum Gasteiger partial charge on any atom is -0.454 e. The summed E-state index contributed by atoms with van der Waals surface area (Å²) < 4.78 is 10.7. The summed E-state index contributed by atoms with van der Waals surface area (Å²) in [6, 6.07) is 5.69. The third-order valence-corrected chi connectivity index (χ3v) is 5.32. The van der Waals surface area contributed by atoms with Crippen LogP contribution >= 0.6 is 11.3 Å². The van der Waals surface area contributed by atoms with Gasteiger partial charge in [-0.3, -0.25) is 9.69 Å². The summed E-state index contributed by atoms with van der Waals surface area (Å²) in [6.45, 7) is 5.87. The highest BCUT2D eigenvalue weighted by Crippen LogP contribution is 2.36. The van der Waals surface area contributed by atoms with Crippen LogP contribution in [-0.2, 0) is 0 Å². The van der Waals surface area contributed by atoms with Crippen molar-refractivity contribution in [3.63, 3.8) is 0 Å². The molecule has 132 valence electrons. The number of carbonyl (C=O) groups excluding carboxylic acids is 1. The molecule has 2 aromatic rings. The van der Waals surface area contributed by atoms with Gasteiger partial charge in [0.1, 0.15) is 9.88 Å². The number of nitrogens with zero attached hydrogens (tertiary/aromatic N) is 2. The van der Waals surface area contributed by atoms with E-state index in [1.807, 2.05) is 18.2 Å². The molecule has 4 rings (SSSR count). The molecule has 0 unspecified atom stereocenters. The molecule has 0 atom stereocenters. The van der Waals surface area contributed by atoms with Crippen molar-refractivity contribution < 1.29 is 14.3 Å². The molecule has 1 aromatic carbocycles. The fraction of sp³-hybridized carbons (Fsp3) is 0.412. The van der Waals surface area contributed by atoms with Crippen LogP contribution in [0, 0.1) is 0 Å². The lowest BCUT2D eigenvalue weighted by Crippen LogP contribution is -2.46. The molecule has 0 saturated carbocycles. The number of hydrogen-bond acceptors (Lipinski definition) is 7. The quantitative estimate of drug-likeness (QED) is 0.834. The van der Waals surface area contributed by atoms with E-state index in [9.17, 15) is 4.79 Å². The fourth-order valence-corrected chi connectivity index (χ4v) is 3.72. The molecule has 2 aliphatic heterocycles. The molecule has 3 heterocycles. The number of thiazole rings is 1. The summed E-state index contributed by atoms with van der Waals surface area (Å²) in [5, 5.41) is 7.10. The van der Waals surface area contributed by atoms with Gasteiger partial charge >= 0.3 is 0 Å². The van der Waals surface area contributed by atoms with Gasteiger partial charge in [0.15, 0.2) is 11.5 Å². The van der Waals surface area contributed by atoms with E-state index in [0.29, 0.717) is 11.4 Å². The number of rotatable bonds is 5. The average Bonchev–Trinajstić information content (AvgIpc) is 3.31. The Hall–Kier alpha value is -2.16. The summed E-state index contributed by atoms with van der Waals surface area (Å²) in [5.74, 6) is 1.39. The molecule has 25 heavy (non-hydrogen) atoms. The zero-order chi connectivity index (χ0) is 17.1. The predicted octanol–water partition coefficient (Wildman–Crippen LogP) is 1.17. The van der Waals surface area contributed by atoms with Crippen LogP contribution in [0.2, 0.25) is 0 Å². The van der Waals surface area contributed by atoms with Gasteiger partial charge < -0.3 is 20.1 Å². The molecule has 0 bridgehead atoms. The molecule has 2 aliphatic rings. The summed E-state index contributed by atoms with van der Waals surface area (Å²) in [7, 11) is 0. The van der Waals surface area contributed by atoms with Crippen LogP contribution in [0.5, 0.6) is 11.5 Å². The maximum atomic E-state index is 12.3. The van der Waals surface area contributed by atoms with Crippen LogP contribution < -0.4 is 20.1 Å². The molecule has 0 spiro atoms. The molecule has 1 amide bonds. The van der Waals surface area contributed by atoms with Crippen molar-refractivity contribution in [3.05, 3.63) is 29.3 Å². The zero-order valence-electron chi connectivity index (χ0n) is 13.8. The molecule has 7 nitrogen and oxygen atoms in total. The molecule has 0 aliphatic carbocycles. The molecule has 1 aromatic heterocycles. The molecule has 0 radical (unpaired) electrons. The molecule has 8 heteroatoms. The first-order valence-electron chi connectivity index (χ1n) is 8.37. The number of ether oxygens (including phenoxy) is 2. The number of nitrogens with one attached hydrogen (secondary N) is 2. The number of piperazine rings is 1. The minimum absolute atomic E-state index is 0.0698. The van der Waals surface area contributed by atoms with E-state index in [4.69, 9.17) is 9.47 Å². The van der Waals surface area contributed by atoms with Crippen molar-refractivity contribution in [1.82, 2.24) is 20.5 Å². The number of aromatic nitrogens is 1. The van der Waals surface area contributed by atoms with Crippen molar-refractivity contribution >= 4 is 17.2 Å². The first-order valence-corrected chi connectivity index (χ1v) is 9.18. The van der Waals surface area contributed by atoms with Gasteiger partial charge in [0.25, 0.3) is 5.91 Å². The Kier molecular flexibility index (Phi) is 4.82. The smallest absolute Gasteiger partial charge is 0.263 e. The normalized spacial score (nSPS) is 16.8. The van der Waals surface area contributed by atoms with Crippen LogP contribution in [0.3, 0.4) is 0 Å².